The van der Waals surface area contributed by atoms with Gasteiger partial charge in [-0.25, -0.2) is 0 Å². The van der Waals surface area contributed by atoms with E-state index in [1.165, 1.54) is 5.56 Å². The molecule has 0 amide bonds. The van der Waals surface area contributed by atoms with Gasteiger partial charge in [0.25, 0.3) is 0 Å². The molecule has 1 rings (SSSR count). The first-order chi connectivity index (χ1) is 8.02. The summed E-state index contributed by atoms with van der Waals surface area (Å²) in [4.78, 5) is 12.0. The first kappa shape index (κ1) is 13.9. The second-order valence-corrected chi connectivity index (χ2v) is 5.27. The molecular formula is C15H23NO. The highest BCUT2D eigenvalue weighted by molar-refractivity contribution is 5.96. The summed E-state index contributed by atoms with van der Waals surface area (Å²) in [6.07, 6.45) is 1.56. The molecule has 0 radical (unpaired) electrons. The summed E-state index contributed by atoms with van der Waals surface area (Å²) in [6.45, 7) is 6.95. The molecule has 0 spiro atoms. The van der Waals surface area contributed by atoms with Gasteiger partial charge in [-0.1, -0.05) is 39.0 Å². The van der Waals surface area contributed by atoms with E-state index < -0.39 is 0 Å². The van der Waals surface area contributed by atoms with Gasteiger partial charge < -0.3 is 5.73 Å². The molecule has 2 nitrogen and oxygen atoms in total. The Morgan fingerprint density at radius 3 is 2.59 bits per heavy atom. The molecule has 94 valence electrons. The third-order valence-electron chi connectivity index (χ3n) is 2.83. The van der Waals surface area contributed by atoms with Crippen molar-refractivity contribution < 1.29 is 4.79 Å². The monoisotopic (exact) mass is 233 g/mol. The molecule has 1 unspecified atom stereocenters. The van der Waals surface area contributed by atoms with Crippen molar-refractivity contribution in [2.45, 2.75) is 33.6 Å². The number of carbonyl (C=O) groups excluding carboxylic acids is 1. The summed E-state index contributed by atoms with van der Waals surface area (Å²) in [6, 6.07) is 7.97. The van der Waals surface area contributed by atoms with Gasteiger partial charge in [0.05, 0.1) is 0 Å². The van der Waals surface area contributed by atoms with Gasteiger partial charge in [-0.15, -0.1) is 0 Å². The largest absolute Gasteiger partial charge is 0.330 e. The van der Waals surface area contributed by atoms with E-state index >= 15 is 0 Å². The van der Waals surface area contributed by atoms with E-state index in [2.05, 4.69) is 19.9 Å². The zero-order valence-electron chi connectivity index (χ0n) is 11.1. The summed E-state index contributed by atoms with van der Waals surface area (Å²) in [5.41, 5.74) is 7.61. The molecule has 0 saturated carbocycles. The second-order valence-electron chi connectivity index (χ2n) is 5.27. The van der Waals surface area contributed by atoms with E-state index in [1.807, 2.05) is 25.1 Å². The van der Waals surface area contributed by atoms with Crippen molar-refractivity contribution >= 4 is 5.78 Å². The van der Waals surface area contributed by atoms with Gasteiger partial charge in [0, 0.05) is 12.0 Å². The quantitative estimate of drug-likeness (QED) is 0.767. The summed E-state index contributed by atoms with van der Waals surface area (Å²) in [5, 5.41) is 0. The lowest BCUT2D eigenvalue weighted by atomic mass is 9.96. The van der Waals surface area contributed by atoms with Gasteiger partial charge in [-0.05, 0) is 36.4 Å². The van der Waals surface area contributed by atoms with Gasteiger partial charge in [0.2, 0.25) is 0 Å². The predicted octanol–water partition coefficient (Wildman–Crippen LogP) is 3.05. The summed E-state index contributed by atoms with van der Waals surface area (Å²) in [7, 11) is 0. The Hall–Kier alpha value is -1.15. The first-order valence-corrected chi connectivity index (χ1v) is 6.35. The van der Waals surface area contributed by atoms with E-state index in [0.29, 0.717) is 18.9 Å². The third-order valence-corrected chi connectivity index (χ3v) is 2.83. The Bertz CT molecular complexity index is 371. The molecule has 2 N–H and O–H groups in total. The zero-order chi connectivity index (χ0) is 12.8. The van der Waals surface area contributed by atoms with Gasteiger partial charge in [0.1, 0.15) is 0 Å². The Balaban J connectivity index is 2.73. The van der Waals surface area contributed by atoms with Crippen LogP contribution in [0.25, 0.3) is 0 Å². The Morgan fingerprint density at radius 1 is 1.29 bits per heavy atom. The summed E-state index contributed by atoms with van der Waals surface area (Å²) < 4.78 is 0. The Morgan fingerprint density at radius 2 is 2.00 bits per heavy atom. The molecule has 0 heterocycles. The molecule has 1 aromatic rings. The highest BCUT2D eigenvalue weighted by Crippen LogP contribution is 2.14. The van der Waals surface area contributed by atoms with Crippen molar-refractivity contribution in [1.82, 2.24) is 0 Å². The van der Waals surface area contributed by atoms with Crippen LogP contribution in [-0.4, -0.2) is 12.3 Å². The predicted molar refractivity (Wildman–Crippen MR) is 72.1 cm³/mol. The average molecular weight is 233 g/mol. The zero-order valence-corrected chi connectivity index (χ0v) is 11.1. The lowest BCUT2D eigenvalue weighted by Crippen LogP contribution is -2.15. The molecule has 0 bridgehead atoms. The number of rotatable bonds is 6. The number of benzene rings is 1. The average Bonchev–Trinajstić information content (AvgIpc) is 2.28. The lowest BCUT2D eigenvalue weighted by Gasteiger charge is -2.09. The smallest absolute Gasteiger partial charge is 0.163 e. The summed E-state index contributed by atoms with van der Waals surface area (Å²) >= 11 is 0. The fourth-order valence-electron chi connectivity index (χ4n) is 1.86. The van der Waals surface area contributed by atoms with Crippen LogP contribution in [0.1, 0.15) is 43.1 Å². The van der Waals surface area contributed by atoms with Crippen LogP contribution in [-0.2, 0) is 6.42 Å². The highest BCUT2D eigenvalue weighted by atomic mass is 16.1. The molecule has 0 aliphatic heterocycles. The van der Waals surface area contributed by atoms with Crippen LogP contribution in [0.5, 0.6) is 0 Å². The number of carbonyl (C=O) groups is 1. The first-order valence-electron chi connectivity index (χ1n) is 6.35. The van der Waals surface area contributed by atoms with Crippen LogP contribution in [0.4, 0.5) is 0 Å². The molecule has 1 aromatic carbocycles. The van der Waals surface area contributed by atoms with Crippen molar-refractivity contribution in [2.75, 3.05) is 6.54 Å². The second kappa shape index (κ2) is 6.55. The molecule has 17 heavy (non-hydrogen) atoms. The van der Waals surface area contributed by atoms with Crippen molar-refractivity contribution in [1.29, 1.82) is 0 Å². The van der Waals surface area contributed by atoms with Gasteiger partial charge in [0.15, 0.2) is 5.78 Å². The maximum Gasteiger partial charge on any atom is 0.163 e. The lowest BCUT2D eigenvalue weighted by molar-refractivity contribution is 0.0965. The molecule has 0 aliphatic carbocycles. The molecule has 1 atom stereocenters. The van der Waals surface area contributed by atoms with E-state index in [1.54, 1.807) is 0 Å². The molecule has 0 aromatic heterocycles. The number of hydrogen-bond donors (Lipinski definition) is 1. The molecular weight excluding hydrogens is 210 g/mol. The maximum atomic E-state index is 12.0. The van der Waals surface area contributed by atoms with Crippen molar-refractivity contribution in [3.05, 3.63) is 35.4 Å². The standard InChI is InChI=1S/C15H23NO/c1-11(2)7-13-5-4-6-14(9-13)15(17)8-12(3)10-16/h4-6,9,11-12H,7-8,10,16H2,1-3H3. The summed E-state index contributed by atoms with van der Waals surface area (Å²) in [5.74, 6) is 1.08. The Kier molecular flexibility index (Phi) is 5.36. The number of ketones is 1. The number of Topliss-reactive ketones (excluding diaryl/α,β-unsaturated/α-hetero) is 1. The van der Waals surface area contributed by atoms with E-state index in [9.17, 15) is 4.79 Å². The topological polar surface area (TPSA) is 43.1 Å². The van der Waals surface area contributed by atoms with Crippen LogP contribution in [0.15, 0.2) is 24.3 Å². The van der Waals surface area contributed by atoms with Crippen molar-refractivity contribution in [2.24, 2.45) is 17.6 Å². The SMILES string of the molecule is CC(C)Cc1cccc(C(=O)CC(C)CN)c1. The van der Waals surface area contributed by atoms with Crippen LogP contribution < -0.4 is 5.73 Å². The van der Waals surface area contributed by atoms with Crippen LogP contribution in [0, 0.1) is 11.8 Å². The van der Waals surface area contributed by atoms with Crippen molar-refractivity contribution in [3.63, 3.8) is 0 Å². The molecule has 0 aliphatic rings. The van der Waals surface area contributed by atoms with E-state index in [-0.39, 0.29) is 11.7 Å². The van der Waals surface area contributed by atoms with Crippen LogP contribution >= 0.6 is 0 Å². The fourth-order valence-corrected chi connectivity index (χ4v) is 1.86. The van der Waals surface area contributed by atoms with E-state index in [4.69, 9.17) is 5.73 Å². The molecule has 0 fully saturated rings. The third kappa shape index (κ3) is 4.70. The highest BCUT2D eigenvalue weighted by Gasteiger charge is 2.10. The Labute approximate surface area is 104 Å². The minimum absolute atomic E-state index is 0.202. The normalized spacial score (nSPS) is 12.8. The van der Waals surface area contributed by atoms with Gasteiger partial charge >= 0.3 is 0 Å². The molecule has 2 heteroatoms. The molecule has 0 saturated heterocycles. The van der Waals surface area contributed by atoms with Crippen LogP contribution in [0.2, 0.25) is 0 Å². The van der Waals surface area contributed by atoms with Crippen LogP contribution in [0.3, 0.4) is 0 Å². The minimum Gasteiger partial charge on any atom is -0.330 e. The minimum atomic E-state index is 0.202. The maximum absolute atomic E-state index is 12.0. The number of nitrogens with two attached hydrogens (primary N) is 1. The van der Waals surface area contributed by atoms with Gasteiger partial charge in [-0.3, -0.25) is 4.79 Å². The van der Waals surface area contributed by atoms with Gasteiger partial charge in [-0.2, -0.15) is 0 Å². The van der Waals surface area contributed by atoms with E-state index in [0.717, 1.165) is 12.0 Å². The van der Waals surface area contributed by atoms with Crippen molar-refractivity contribution in [3.8, 4) is 0 Å². The fraction of sp³-hybridized carbons (Fsp3) is 0.533. The number of hydrogen-bond acceptors (Lipinski definition) is 2.